The zero-order chi connectivity index (χ0) is 15.9. The molecule has 5 heteroatoms. The molecule has 2 atom stereocenters. The molecular weight excluding hydrogens is 298 g/mol. The molecule has 0 amide bonds. The highest BCUT2D eigenvalue weighted by Gasteiger charge is 2.13. The van der Waals surface area contributed by atoms with Crippen molar-refractivity contribution in [3.8, 4) is 5.75 Å². The van der Waals surface area contributed by atoms with E-state index in [2.05, 4.69) is 18.3 Å². The standard InChI is InChI=1S/C17H23NO3S/c1-12(18-9-16(19)14-6-7-22-11-14)13-4-5-17(21-3)15(8-13)10-20-2/h4-8,11-12,16,18-19H,9-10H2,1-3H3. The van der Waals surface area contributed by atoms with E-state index in [4.69, 9.17) is 9.47 Å². The summed E-state index contributed by atoms with van der Waals surface area (Å²) in [5, 5.41) is 17.4. The summed E-state index contributed by atoms with van der Waals surface area (Å²) in [5.74, 6) is 0.830. The lowest BCUT2D eigenvalue weighted by molar-refractivity contribution is 0.171. The third-order valence-electron chi connectivity index (χ3n) is 3.65. The van der Waals surface area contributed by atoms with Gasteiger partial charge in [-0.1, -0.05) is 6.07 Å². The van der Waals surface area contributed by atoms with Gasteiger partial charge in [-0.05, 0) is 47.0 Å². The molecule has 0 fully saturated rings. The maximum atomic E-state index is 10.1. The monoisotopic (exact) mass is 321 g/mol. The first kappa shape index (κ1) is 17.0. The maximum absolute atomic E-state index is 10.1. The highest BCUT2D eigenvalue weighted by atomic mass is 32.1. The molecule has 2 aromatic rings. The van der Waals surface area contributed by atoms with Crippen LogP contribution in [-0.2, 0) is 11.3 Å². The molecule has 0 radical (unpaired) electrons. The van der Waals surface area contributed by atoms with E-state index >= 15 is 0 Å². The molecule has 4 nitrogen and oxygen atoms in total. The lowest BCUT2D eigenvalue weighted by Crippen LogP contribution is -2.24. The SMILES string of the molecule is COCc1cc(C(C)NCC(O)c2ccsc2)ccc1OC. The Balaban J connectivity index is 1.99. The van der Waals surface area contributed by atoms with Gasteiger partial charge in [0.15, 0.2) is 0 Å². The molecular formula is C17H23NO3S. The van der Waals surface area contributed by atoms with Gasteiger partial charge in [0.1, 0.15) is 5.75 Å². The van der Waals surface area contributed by atoms with Crippen molar-refractivity contribution in [3.63, 3.8) is 0 Å². The number of aliphatic hydroxyl groups is 1. The molecule has 2 unspecified atom stereocenters. The van der Waals surface area contributed by atoms with Crippen LogP contribution in [0.1, 0.15) is 35.8 Å². The van der Waals surface area contributed by atoms with Crippen molar-refractivity contribution in [2.24, 2.45) is 0 Å². The highest BCUT2D eigenvalue weighted by Crippen LogP contribution is 2.24. The Hall–Kier alpha value is -1.40. The van der Waals surface area contributed by atoms with Gasteiger partial charge in [0, 0.05) is 25.3 Å². The summed E-state index contributed by atoms with van der Waals surface area (Å²) in [7, 11) is 3.33. The van der Waals surface area contributed by atoms with Crippen LogP contribution in [-0.4, -0.2) is 25.9 Å². The van der Waals surface area contributed by atoms with E-state index in [9.17, 15) is 5.11 Å². The Morgan fingerprint density at radius 3 is 2.68 bits per heavy atom. The summed E-state index contributed by atoms with van der Waals surface area (Å²) in [4.78, 5) is 0. The number of hydrogen-bond acceptors (Lipinski definition) is 5. The highest BCUT2D eigenvalue weighted by molar-refractivity contribution is 7.07. The predicted octanol–water partition coefficient (Wildman–Crippen LogP) is 3.29. The van der Waals surface area contributed by atoms with Crippen molar-refractivity contribution in [2.75, 3.05) is 20.8 Å². The fraction of sp³-hybridized carbons (Fsp3) is 0.412. The Morgan fingerprint density at radius 2 is 2.05 bits per heavy atom. The molecule has 0 aliphatic heterocycles. The number of methoxy groups -OCH3 is 2. The van der Waals surface area contributed by atoms with Crippen LogP contribution >= 0.6 is 11.3 Å². The van der Waals surface area contributed by atoms with Gasteiger partial charge in [-0.25, -0.2) is 0 Å². The average Bonchev–Trinajstić information content (AvgIpc) is 3.07. The Morgan fingerprint density at radius 1 is 1.23 bits per heavy atom. The third-order valence-corrected chi connectivity index (χ3v) is 4.35. The second-order valence-corrected chi connectivity index (χ2v) is 5.99. The molecule has 2 N–H and O–H groups in total. The van der Waals surface area contributed by atoms with E-state index in [0.717, 1.165) is 22.4 Å². The maximum Gasteiger partial charge on any atom is 0.124 e. The second kappa shape index (κ2) is 8.29. The first-order valence-corrected chi connectivity index (χ1v) is 8.19. The van der Waals surface area contributed by atoms with Crippen LogP contribution in [0.25, 0.3) is 0 Å². The average molecular weight is 321 g/mol. The number of ether oxygens (including phenoxy) is 2. The Bertz CT molecular complexity index is 571. The summed E-state index contributed by atoms with van der Waals surface area (Å²) in [5.41, 5.74) is 3.12. The fourth-order valence-corrected chi connectivity index (χ4v) is 3.03. The summed E-state index contributed by atoms with van der Waals surface area (Å²) in [6.07, 6.45) is -0.481. The lowest BCUT2D eigenvalue weighted by atomic mass is 10.0. The van der Waals surface area contributed by atoms with Crippen molar-refractivity contribution in [2.45, 2.75) is 25.7 Å². The van der Waals surface area contributed by atoms with E-state index in [-0.39, 0.29) is 6.04 Å². The molecule has 0 aliphatic carbocycles. The Kier molecular flexibility index (Phi) is 6.39. The zero-order valence-corrected chi connectivity index (χ0v) is 14.0. The molecule has 1 heterocycles. The van der Waals surface area contributed by atoms with E-state index in [1.165, 1.54) is 0 Å². The van der Waals surface area contributed by atoms with E-state index < -0.39 is 6.10 Å². The van der Waals surface area contributed by atoms with Gasteiger partial charge in [0.25, 0.3) is 0 Å². The van der Waals surface area contributed by atoms with Crippen LogP contribution in [0, 0.1) is 0 Å². The van der Waals surface area contributed by atoms with Gasteiger partial charge in [0.05, 0.1) is 19.8 Å². The summed E-state index contributed by atoms with van der Waals surface area (Å²) in [6.45, 7) is 3.11. The normalized spacial score (nSPS) is 13.8. The molecule has 120 valence electrons. The Labute approximate surface area is 135 Å². The van der Waals surface area contributed by atoms with Crippen molar-refractivity contribution in [1.29, 1.82) is 0 Å². The minimum atomic E-state index is -0.481. The fourth-order valence-electron chi connectivity index (χ4n) is 2.32. The van der Waals surface area contributed by atoms with Crippen LogP contribution in [0.5, 0.6) is 5.75 Å². The molecule has 0 aliphatic rings. The van der Waals surface area contributed by atoms with Gasteiger partial charge in [-0.2, -0.15) is 11.3 Å². The number of thiophene rings is 1. The third kappa shape index (κ3) is 4.30. The number of aliphatic hydroxyl groups excluding tert-OH is 1. The van der Waals surface area contributed by atoms with Crippen LogP contribution < -0.4 is 10.1 Å². The van der Waals surface area contributed by atoms with Crippen LogP contribution in [0.15, 0.2) is 35.0 Å². The van der Waals surface area contributed by atoms with E-state index in [0.29, 0.717) is 13.2 Å². The van der Waals surface area contributed by atoms with Gasteiger partial charge in [-0.3, -0.25) is 0 Å². The van der Waals surface area contributed by atoms with Crippen molar-refractivity contribution >= 4 is 11.3 Å². The number of nitrogens with one attached hydrogen (secondary N) is 1. The summed E-state index contributed by atoms with van der Waals surface area (Å²) < 4.78 is 10.6. The van der Waals surface area contributed by atoms with Crippen LogP contribution in [0.3, 0.4) is 0 Å². The van der Waals surface area contributed by atoms with E-state index in [1.54, 1.807) is 25.6 Å². The largest absolute Gasteiger partial charge is 0.496 e. The lowest BCUT2D eigenvalue weighted by Gasteiger charge is -2.19. The smallest absolute Gasteiger partial charge is 0.124 e. The van der Waals surface area contributed by atoms with Crippen molar-refractivity contribution in [3.05, 3.63) is 51.7 Å². The molecule has 1 aromatic heterocycles. The first-order valence-electron chi connectivity index (χ1n) is 7.25. The van der Waals surface area contributed by atoms with Crippen LogP contribution in [0.4, 0.5) is 0 Å². The molecule has 0 saturated heterocycles. The molecule has 0 bridgehead atoms. The summed E-state index contributed by atoms with van der Waals surface area (Å²) in [6, 6.07) is 8.15. The quantitative estimate of drug-likeness (QED) is 0.783. The molecule has 1 aromatic carbocycles. The molecule has 0 spiro atoms. The topological polar surface area (TPSA) is 50.7 Å². The first-order chi connectivity index (χ1) is 10.7. The predicted molar refractivity (Wildman–Crippen MR) is 89.4 cm³/mol. The van der Waals surface area contributed by atoms with Gasteiger partial charge in [0.2, 0.25) is 0 Å². The summed E-state index contributed by atoms with van der Waals surface area (Å²) >= 11 is 1.59. The number of hydrogen-bond donors (Lipinski definition) is 2. The van der Waals surface area contributed by atoms with Gasteiger partial charge in [-0.15, -0.1) is 0 Å². The molecule has 22 heavy (non-hydrogen) atoms. The number of rotatable bonds is 8. The molecule has 2 rings (SSSR count). The van der Waals surface area contributed by atoms with Crippen LogP contribution in [0.2, 0.25) is 0 Å². The molecule has 0 saturated carbocycles. The number of benzene rings is 1. The second-order valence-electron chi connectivity index (χ2n) is 5.21. The van der Waals surface area contributed by atoms with Gasteiger partial charge >= 0.3 is 0 Å². The minimum absolute atomic E-state index is 0.134. The van der Waals surface area contributed by atoms with E-state index in [1.807, 2.05) is 29.0 Å². The van der Waals surface area contributed by atoms with Gasteiger partial charge < -0.3 is 19.9 Å². The minimum Gasteiger partial charge on any atom is -0.496 e. The van der Waals surface area contributed by atoms with Crippen molar-refractivity contribution < 1.29 is 14.6 Å². The van der Waals surface area contributed by atoms with Crippen molar-refractivity contribution in [1.82, 2.24) is 5.32 Å². The zero-order valence-electron chi connectivity index (χ0n) is 13.2.